The number of aryl methyl sites for hydroxylation is 1. The van der Waals surface area contributed by atoms with Gasteiger partial charge in [0.2, 0.25) is 0 Å². The van der Waals surface area contributed by atoms with Crippen molar-refractivity contribution >= 4 is 23.2 Å². The van der Waals surface area contributed by atoms with Crippen molar-refractivity contribution in [2.24, 2.45) is 0 Å². The van der Waals surface area contributed by atoms with Gasteiger partial charge < -0.3 is 9.80 Å². The number of anilines is 1. The van der Waals surface area contributed by atoms with Gasteiger partial charge >= 0.3 is 0 Å². The largest absolute Gasteiger partial charge is 0.358 e. The predicted octanol–water partition coefficient (Wildman–Crippen LogP) is 2.66. The number of likely N-dealkylation sites (N-methyl/N-ethyl adjacent to an activating group) is 1. The predicted molar refractivity (Wildman–Crippen MR) is 111 cm³/mol. The average molecular weight is 398 g/mol. The molecule has 0 aliphatic carbocycles. The number of nitrogens with one attached hydrogen (secondary N) is 1. The Morgan fingerprint density at radius 2 is 1.97 bits per heavy atom. The first-order chi connectivity index (χ1) is 13.9. The van der Waals surface area contributed by atoms with Crippen LogP contribution in [0, 0.1) is 22.9 Å². The van der Waals surface area contributed by atoms with E-state index in [2.05, 4.69) is 6.92 Å². The number of benzene rings is 2. The number of nitro groups is 1. The summed E-state index contributed by atoms with van der Waals surface area (Å²) in [6, 6.07) is 9.30. The fraction of sp³-hybridized carbons (Fsp3) is 0.318. The molecule has 1 saturated heterocycles. The molecule has 0 amide bonds. The van der Waals surface area contributed by atoms with Crippen LogP contribution >= 0.6 is 0 Å². The summed E-state index contributed by atoms with van der Waals surface area (Å²) in [5.74, 6) is -0.755. The van der Waals surface area contributed by atoms with E-state index >= 15 is 0 Å². The van der Waals surface area contributed by atoms with E-state index in [1.807, 2.05) is 4.90 Å². The number of nitro benzene ring substituents is 1. The van der Waals surface area contributed by atoms with Gasteiger partial charge in [-0.25, -0.2) is 4.39 Å². The lowest BCUT2D eigenvalue weighted by molar-refractivity contribution is -0.898. The minimum absolute atomic E-state index is 0.00000301. The molecule has 0 spiro atoms. The van der Waals surface area contributed by atoms with Crippen LogP contribution in [0.1, 0.15) is 28.4 Å². The van der Waals surface area contributed by atoms with Gasteiger partial charge in [0.15, 0.2) is 5.78 Å². The monoisotopic (exact) mass is 398 g/mol. The Kier molecular flexibility index (Phi) is 6.39. The fourth-order valence-corrected chi connectivity index (χ4v) is 3.53. The van der Waals surface area contributed by atoms with E-state index in [0.717, 1.165) is 32.7 Å². The Balaban J connectivity index is 1.72. The molecule has 1 aliphatic heterocycles. The maximum Gasteiger partial charge on any atom is 0.272 e. The van der Waals surface area contributed by atoms with Gasteiger partial charge in [0.1, 0.15) is 5.82 Å². The molecule has 3 rings (SSSR count). The highest BCUT2D eigenvalue weighted by Crippen LogP contribution is 2.22. The van der Waals surface area contributed by atoms with Crippen LogP contribution in [0.2, 0.25) is 0 Å². The van der Waals surface area contributed by atoms with Crippen molar-refractivity contribution in [1.82, 2.24) is 0 Å². The van der Waals surface area contributed by atoms with Crippen LogP contribution in [0.15, 0.2) is 42.5 Å². The third kappa shape index (κ3) is 4.86. The Labute approximate surface area is 169 Å². The zero-order valence-electron chi connectivity index (χ0n) is 16.7. The Morgan fingerprint density at radius 3 is 2.59 bits per heavy atom. The molecule has 0 bridgehead atoms. The molecule has 1 heterocycles. The number of quaternary nitrogens is 1. The summed E-state index contributed by atoms with van der Waals surface area (Å²) in [5.41, 5.74) is 1.87. The van der Waals surface area contributed by atoms with Crippen molar-refractivity contribution in [2.45, 2.75) is 13.8 Å². The summed E-state index contributed by atoms with van der Waals surface area (Å²) in [5, 5.41) is 11.0. The van der Waals surface area contributed by atoms with E-state index in [0.29, 0.717) is 16.8 Å². The molecule has 0 radical (unpaired) electrons. The summed E-state index contributed by atoms with van der Waals surface area (Å²) in [4.78, 5) is 26.5. The Bertz CT molecular complexity index is 950. The number of halogens is 1. The fourth-order valence-electron chi connectivity index (χ4n) is 3.53. The van der Waals surface area contributed by atoms with Crippen molar-refractivity contribution in [2.75, 3.05) is 37.6 Å². The van der Waals surface area contributed by atoms with Crippen molar-refractivity contribution in [3.63, 3.8) is 0 Å². The number of nitrogens with zero attached hydrogens (tertiary/aromatic N) is 2. The number of allylic oxidation sites excluding steroid dienone is 1. The molecule has 6 nitrogen and oxygen atoms in total. The molecule has 152 valence electrons. The first kappa shape index (κ1) is 20.7. The van der Waals surface area contributed by atoms with E-state index in [9.17, 15) is 19.3 Å². The van der Waals surface area contributed by atoms with Gasteiger partial charge in [-0.1, -0.05) is 18.2 Å². The molecule has 0 unspecified atom stereocenters. The van der Waals surface area contributed by atoms with Gasteiger partial charge in [-0.15, -0.1) is 0 Å². The zero-order chi connectivity index (χ0) is 21.0. The van der Waals surface area contributed by atoms with Gasteiger partial charge in [0.05, 0.1) is 43.3 Å². The molecule has 29 heavy (non-hydrogen) atoms. The third-order valence-corrected chi connectivity index (χ3v) is 5.40. The van der Waals surface area contributed by atoms with Crippen LogP contribution in [0.4, 0.5) is 15.8 Å². The minimum Gasteiger partial charge on any atom is -0.358 e. The van der Waals surface area contributed by atoms with Crippen LogP contribution in [-0.4, -0.2) is 43.4 Å². The molecule has 0 atom stereocenters. The number of piperazine rings is 1. The molecule has 0 aromatic heterocycles. The van der Waals surface area contributed by atoms with E-state index in [-0.39, 0.29) is 17.0 Å². The second-order valence-electron chi connectivity index (χ2n) is 7.26. The molecular formula is C22H25FN3O3+. The SMILES string of the molecule is CC[NH+]1CCN(c2ccc(C(=O)/C=C/c3ccc(C)c([N+](=O)[O-])c3)cc2F)CC1. The average Bonchev–Trinajstić information content (AvgIpc) is 2.72. The lowest BCUT2D eigenvalue weighted by Crippen LogP contribution is -3.14. The quantitative estimate of drug-likeness (QED) is 0.352. The highest BCUT2D eigenvalue weighted by Gasteiger charge is 2.21. The molecule has 2 aromatic carbocycles. The van der Waals surface area contributed by atoms with Gasteiger partial charge in [0, 0.05) is 17.2 Å². The first-order valence-corrected chi connectivity index (χ1v) is 9.74. The highest BCUT2D eigenvalue weighted by molar-refractivity contribution is 6.07. The maximum atomic E-state index is 14.6. The third-order valence-electron chi connectivity index (χ3n) is 5.40. The van der Waals surface area contributed by atoms with Gasteiger partial charge in [-0.05, 0) is 43.7 Å². The zero-order valence-corrected chi connectivity index (χ0v) is 16.7. The van der Waals surface area contributed by atoms with Crippen LogP contribution < -0.4 is 9.80 Å². The van der Waals surface area contributed by atoms with E-state index in [1.165, 1.54) is 29.2 Å². The number of carbonyl (C=O) groups is 1. The van der Waals surface area contributed by atoms with Gasteiger partial charge in [0.25, 0.3) is 5.69 Å². The molecule has 7 heteroatoms. The van der Waals surface area contributed by atoms with Crippen LogP contribution in [0.3, 0.4) is 0 Å². The van der Waals surface area contributed by atoms with Crippen molar-refractivity contribution in [1.29, 1.82) is 0 Å². The van der Waals surface area contributed by atoms with Crippen LogP contribution in [0.25, 0.3) is 6.08 Å². The number of ketones is 1. The van der Waals surface area contributed by atoms with Gasteiger partial charge in [-0.3, -0.25) is 14.9 Å². The Hall–Kier alpha value is -3.06. The molecule has 0 saturated carbocycles. The molecular weight excluding hydrogens is 373 g/mol. The Morgan fingerprint density at radius 1 is 1.24 bits per heavy atom. The summed E-state index contributed by atoms with van der Waals surface area (Å²) in [6.45, 7) is 8.40. The topological polar surface area (TPSA) is 67.9 Å². The second kappa shape index (κ2) is 8.96. The molecule has 1 fully saturated rings. The number of carbonyl (C=O) groups excluding carboxylic acids is 1. The number of rotatable bonds is 6. The molecule has 1 N–H and O–H groups in total. The number of hydrogen-bond donors (Lipinski definition) is 1. The minimum atomic E-state index is -0.454. The second-order valence-corrected chi connectivity index (χ2v) is 7.26. The van der Waals surface area contributed by atoms with Crippen molar-refractivity contribution < 1.29 is 19.0 Å². The van der Waals surface area contributed by atoms with E-state index in [1.54, 1.807) is 31.2 Å². The van der Waals surface area contributed by atoms with Crippen LogP contribution in [0.5, 0.6) is 0 Å². The summed E-state index contributed by atoms with van der Waals surface area (Å²) >= 11 is 0. The first-order valence-electron chi connectivity index (χ1n) is 9.74. The molecule has 1 aliphatic rings. The van der Waals surface area contributed by atoms with E-state index < -0.39 is 10.7 Å². The van der Waals surface area contributed by atoms with Gasteiger partial charge in [-0.2, -0.15) is 0 Å². The van der Waals surface area contributed by atoms with Crippen molar-refractivity contribution in [3.8, 4) is 0 Å². The lowest BCUT2D eigenvalue weighted by Gasteiger charge is -2.33. The lowest BCUT2D eigenvalue weighted by atomic mass is 10.1. The standard InChI is InChI=1S/C22H24FN3O3/c1-3-24-10-12-25(13-11-24)20-8-7-18(15-19(20)23)22(27)9-6-17-5-4-16(2)21(14-17)26(28)29/h4-9,14-15H,3,10-13H2,1-2H3/p+1/b9-6+. The summed E-state index contributed by atoms with van der Waals surface area (Å²) in [7, 11) is 0. The van der Waals surface area contributed by atoms with Crippen molar-refractivity contribution in [3.05, 3.63) is 75.1 Å². The molecule has 2 aromatic rings. The normalized spacial score (nSPS) is 15.1. The highest BCUT2D eigenvalue weighted by atomic mass is 19.1. The van der Waals surface area contributed by atoms with E-state index in [4.69, 9.17) is 0 Å². The number of hydrogen-bond acceptors (Lipinski definition) is 4. The summed E-state index contributed by atoms with van der Waals surface area (Å²) in [6.07, 6.45) is 2.82. The maximum absolute atomic E-state index is 14.6. The summed E-state index contributed by atoms with van der Waals surface area (Å²) < 4.78 is 14.6. The smallest absolute Gasteiger partial charge is 0.272 e. The van der Waals surface area contributed by atoms with Crippen LogP contribution in [-0.2, 0) is 0 Å².